The highest BCUT2D eigenvalue weighted by Gasteiger charge is 2.14. The zero-order chi connectivity index (χ0) is 17.3. The van der Waals surface area contributed by atoms with Crippen LogP contribution < -0.4 is 5.32 Å². The van der Waals surface area contributed by atoms with Crippen molar-refractivity contribution in [1.29, 1.82) is 0 Å². The summed E-state index contributed by atoms with van der Waals surface area (Å²) in [6.45, 7) is 1.81. The first kappa shape index (κ1) is 15.5. The van der Waals surface area contributed by atoms with E-state index in [1.165, 1.54) is 30.5 Å². The summed E-state index contributed by atoms with van der Waals surface area (Å²) in [6, 6.07) is 11.0. The largest absolute Gasteiger partial charge is 0.508 e. The number of carbonyl (C=O) groups excluding carboxylic acids is 1. The summed E-state index contributed by atoms with van der Waals surface area (Å²) < 4.78 is 0. The second-order valence-electron chi connectivity index (χ2n) is 5.37. The molecule has 3 rings (SSSR count). The minimum Gasteiger partial charge on any atom is -0.508 e. The number of anilines is 1. The molecule has 0 atom stereocenters. The summed E-state index contributed by atoms with van der Waals surface area (Å²) in [5, 5.41) is 22.4. The summed E-state index contributed by atoms with van der Waals surface area (Å²) in [5.74, 6) is -1.40. The molecule has 0 saturated heterocycles. The first-order chi connectivity index (χ1) is 11.5. The van der Waals surface area contributed by atoms with Crippen LogP contribution in [0.15, 0.2) is 48.7 Å². The first-order valence-corrected chi connectivity index (χ1v) is 7.19. The van der Waals surface area contributed by atoms with Gasteiger partial charge in [-0.25, -0.2) is 9.78 Å². The van der Waals surface area contributed by atoms with Crippen molar-refractivity contribution in [1.82, 2.24) is 4.98 Å². The molecule has 1 amide bonds. The molecule has 0 spiro atoms. The van der Waals surface area contributed by atoms with Crippen molar-refractivity contribution in [2.75, 3.05) is 5.32 Å². The SMILES string of the molecule is Cc1cc(NC(=O)c2ccc(O)cc2)c2ccnc(C(=O)O)c2c1. The summed E-state index contributed by atoms with van der Waals surface area (Å²) in [5.41, 5.74) is 1.64. The van der Waals surface area contributed by atoms with Gasteiger partial charge in [-0.2, -0.15) is 0 Å². The van der Waals surface area contributed by atoms with E-state index < -0.39 is 5.97 Å². The third-order valence-corrected chi connectivity index (χ3v) is 3.60. The molecular weight excluding hydrogens is 308 g/mol. The number of rotatable bonds is 3. The molecule has 0 radical (unpaired) electrons. The third kappa shape index (κ3) is 2.89. The molecule has 0 aliphatic heterocycles. The second-order valence-corrected chi connectivity index (χ2v) is 5.37. The van der Waals surface area contributed by atoms with E-state index in [0.717, 1.165) is 5.56 Å². The molecule has 1 heterocycles. The fourth-order valence-electron chi connectivity index (χ4n) is 2.51. The van der Waals surface area contributed by atoms with Gasteiger partial charge in [-0.15, -0.1) is 0 Å². The van der Waals surface area contributed by atoms with Crippen molar-refractivity contribution in [2.45, 2.75) is 6.92 Å². The number of hydrogen-bond donors (Lipinski definition) is 3. The van der Waals surface area contributed by atoms with E-state index in [-0.39, 0.29) is 17.4 Å². The number of nitrogens with zero attached hydrogens (tertiary/aromatic N) is 1. The predicted octanol–water partition coefficient (Wildman–Crippen LogP) is 3.20. The van der Waals surface area contributed by atoms with Crippen LogP contribution in [0.3, 0.4) is 0 Å². The number of fused-ring (bicyclic) bond motifs is 1. The number of phenolic OH excluding ortho intramolecular Hbond substituents is 1. The van der Waals surface area contributed by atoms with Gasteiger partial charge in [0.05, 0.1) is 0 Å². The minimum atomic E-state index is -1.12. The van der Waals surface area contributed by atoms with Crippen LogP contribution in [0.5, 0.6) is 5.75 Å². The maximum atomic E-state index is 12.4. The van der Waals surface area contributed by atoms with E-state index in [1.54, 1.807) is 18.2 Å². The number of phenols is 1. The number of carboxylic acids is 1. The quantitative estimate of drug-likeness (QED) is 0.687. The molecule has 0 bridgehead atoms. The molecule has 3 aromatic rings. The van der Waals surface area contributed by atoms with E-state index in [4.69, 9.17) is 0 Å². The number of aryl methyl sites for hydroxylation is 1. The molecule has 0 unspecified atom stereocenters. The van der Waals surface area contributed by atoms with Crippen molar-refractivity contribution in [3.63, 3.8) is 0 Å². The highest BCUT2D eigenvalue weighted by Crippen LogP contribution is 2.27. The molecule has 6 heteroatoms. The minimum absolute atomic E-state index is 0.0590. The zero-order valence-corrected chi connectivity index (χ0v) is 12.8. The van der Waals surface area contributed by atoms with Crippen LogP contribution in [0, 0.1) is 6.92 Å². The number of amides is 1. The van der Waals surface area contributed by atoms with Gasteiger partial charge >= 0.3 is 5.97 Å². The topological polar surface area (TPSA) is 99.5 Å². The third-order valence-electron chi connectivity index (χ3n) is 3.60. The smallest absolute Gasteiger partial charge is 0.355 e. The number of aromatic hydroxyl groups is 1. The molecule has 24 heavy (non-hydrogen) atoms. The average Bonchev–Trinajstić information content (AvgIpc) is 2.54. The van der Waals surface area contributed by atoms with Crippen molar-refractivity contribution < 1.29 is 19.8 Å². The van der Waals surface area contributed by atoms with Gasteiger partial charge in [-0.1, -0.05) is 0 Å². The van der Waals surface area contributed by atoms with Crippen LogP contribution in [-0.2, 0) is 0 Å². The first-order valence-electron chi connectivity index (χ1n) is 7.19. The standard InChI is InChI=1S/C18H14N2O4/c1-10-8-14-13(6-7-19-16(14)18(23)24)15(9-10)20-17(22)11-2-4-12(21)5-3-11/h2-9,21H,1H3,(H,20,22)(H,23,24). The van der Waals surface area contributed by atoms with Crippen molar-refractivity contribution >= 4 is 28.3 Å². The van der Waals surface area contributed by atoms with Gasteiger partial charge in [0.15, 0.2) is 5.69 Å². The molecule has 0 aliphatic carbocycles. The van der Waals surface area contributed by atoms with Crippen LogP contribution in [0.1, 0.15) is 26.4 Å². The Bertz CT molecular complexity index is 949. The molecule has 0 fully saturated rings. The number of nitrogens with one attached hydrogen (secondary N) is 1. The lowest BCUT2D eigenvalue weighted by Crippen LogP contribution is -2.12. The average molecular weight is 322 g/mol. The highest BCUT2D eigenvalue weighted by atomic mass is 16.4. The van der Waals surface area contributed by atoms with Gasteiger partial charge in [-0.05, 0) is 55.0 Å². The number of pyridine rings is 1. The van der Waals surface area contributed by atoms with E-state index >= 15 is 0 Å². The Morgan fingerprint density at radius 1 is 1.04 bits per heavy atom. The fourth-order valence-corrected chi connectivity index (χ4v) is 2.51. The number of carbonyl (C=O) groups is 2. The number of benzene rings is 2. The van der Waals surface area contributed by atoms with Crippen LogP contribution in [0.4, 0.5) is 5.69 Å². The summed E-state index contributed by atoms with van der Waals surface area (Å²) in [6.07, 6.45) is 1.40. The van der Waals surface area contributed by atoms with Crippen LogP contribution in [-0.4, -0.2) is 27.1 Å². The summed E-state index contributed by atoms with van der Waals surface area (Å²) in [7, 11) is 0. The molecule has 6 nitrogen and oxygen atoms in total. The zero-order valence-electron chi connectivity index (χ0n) is 12.8. The van der Waals surface area contributed by atoms with Crippen molar-refractivity contribution in [2.24, 2.45) is 0 Å². The molecule has 0 aliphatic rings. The molecule has 2 aromatic carbocycles. The lowest BCUT2D eigenvalue weighted by atomic mass is 10.0. The monoisotopic (exact) mass is 322 g/mol. The van der Waals surface area contributed by atoms with Crippen molar-refractivity contribution in [3.8, 4) is 5.75 Å². The Balaban J connectivity index is 2.06. The van der Waals surface area contributed by atoms with E-state index in [2.05, 4.69) is 10.3 Å². The van der Waals surface area contributed by atoms with Gasteiger partial charge in [0, 0.05) is 28.2 Å². The summed E-state index contributed by atoms with van der Waals surface area (Å²) >= 11 is 0. The Morgan fingerprint density at radius 3 is 2.42 bits per heavy atom. The maximum Gasteiger partial charge on any atom is 0.355 e. The Hall–Kier alpha value is -3.41. The molecule has 0 saturated carbocycles. The Labute approximate surface area is 137 Å². The van der Waals surface area contributed by atoms with Gasteiger partial charge in [0.25, 0.3) is 5.91 Å². The van der Waals surface area contributed by atoms with Gasteiger partial charge in [0.2, 0.25) is 0 Å². The second kappa shape index (κ2) is 6.00. The van der Waals surface area contributed by atoms with E-state index in [9.17, 15) is 19.8 Å². The lowest BCUT2D eigenvalue weighted by Gasteiger charge is -2.11. The number of hydrogen-bond acceptors (Lipinski definition) is 4. The van der Waals surface area contributed by atoms with E-state index in [1.807, 2.05) is 6.92 Å². The molecule has 120 valence electrons. The number of carboxylic acid groups (broad SMARTS) is 1. The lowest BCUT2D eigenvalue weighted by molar-refractivity contribution is 0.0692. The molecule has 1 aromatic heterocycles. The summed E-state index contributed by atoms with van der Waals surface area (Å²) in [4.78, 5) is 27.6. The predicted molar refractivity (Wildman–Crippen MR) is 89.5 cm³/mol. The van der Waals surface area contributed by atoms with Crippen LogP contribution in [0.2, 0.25) is 0 Å². The molecule has 3 N–H and O–H groups in total. The van der Waals surface area contributed by atoms with Crippen LogP contribution >= 0.6 is 0 Å². The number of aromatic carboxylic acids is 1. The fraction of sp³-hybridized carbons (Fsp3) is 0.0556. The van der Waals surface area contributed by atoms with Crippen LogP contribution in [0.25, 0.3) is 10.8 Å². The molecular formula is C18H14N2O4. The number of aromatic nitrogens is 1. The van der Waals surface area contributed by atoms with Gasteiger partial charge in [0.1, 0.15) is 5.75 Å². The Morgan fingerprint density at radius 2 is 1.75 bits per heavy atom. The highest BCUT2D eigenvalue weighted by molar-refractivity contribution is 6.12. The van der Waals surface area contributed by atoms with Gasteiger partial charge < -0.3 is 15.5 Å². The van der Waals surface area contributed by atoms with E-state index in [0.29, 0.717) is 22.0 Å². The maximum absolute atomic E-state index is 12.4. The van der Waals surface area contributed by atoms with Gasteiger partial charge in [-0.3, -0.25) is 4.79 Å². The normalized spacial score (nSPS) is 10.5. The van der Waals surface area contributed by atoms with Crippen molar-refractivity contribution in [3.05, 3.63) is 65.5 Å². The Kier molecular flexibility index (Phi) is 3.87.